The second-order valence-electron chi connectivity index (χ2n) is 10.4. The minimum absolute atomic E-state index is 0.191. The Morgan fingerprint density at radius 3 is 2.26 bits per heavy atom. The molecule has 3 rings (SSSR count). The Balaban J connectivity index is 2.16. The molecule has 0 bridgehead atoms. The van der Waals surface area contributed by atoms with Gasteiger partial charge in [0.05, 0.1) is 34.1 Å². The minimum atomic E-state index is -1.24. The van der Waals surface area contributed by atoms with Gasteiger partial charge in [0, 0.05) is 36.1 Å². The first kappa shape index (κ1) is 32.8. The van der Waals surface area contributed by atoms with Crippen LogP contribution in [0.4, 0.5) is 11.5 Å². The SMILES string of the molecule is CCC(C)(C)NC(=O)[C@H](c1cccc(OC)c1OC)N(C(=O)CCC(=O)Nc1cc(C)on1)c1ccc(OC)cc1OC. The van der Waals surface area contributed by atoms with Gasteiger partial charge in [0.25, 0.3) is 0 Å². The molecule has 0 aliphatic heterocycles. The summed E-state index contributed by atoms with van der Waals surface area (Å²) in [5.74, 6) is 0.764. The number of aryl methyl sites for hydroxylation is 1. The molecular formula is C31H40N4O8. The van der Waals surface area contributed by atoms with Crippen molar-refractivity contribution >= 4 is 29.2 Å². The van der Waals surface area contributed by atoms with E-state index in [1.165, 1.54) is 33.3 Å². The molecule has 2 N–H and O–H groups in total. The topological polar surface area (TPSA) is 141 Å². The van der Waals surface area contributed by atoms with E-state index < -0.39 is 29.3 Å². The molecule has 0 saturated carbocycles. The van der Waals surface area contributed by atoms with E-state index in [0.717, 1.165) is 0 Å². The van der Waals surface area contributed by atoms with Crippen molar-refractivity contribution in [3.05, 3.63) is 53.8 Å². The van der Waals surface area contributed by atoms with Crippen LogP contribution in [-0.4, -0.2) is 56.9 Å². The summed E-state index contributed by atoms with van der Waals surface area (Å²) in [6.45, 7) is 7.43. The second kappa shape index (κ2) is 14.4. The van der Waals surface area contributed by atoms with Crippen LogP contribution in [0.3, 0.4) is 0 Å². The van der Waals surface area contributed by atoms with Gasteiger partial charge in [-0.1, -0.05) is 24.2 Å². The highest BCUT2D eigenvalue weighted by Crippen LogP contribution is 2.42. The van der Waals surface area contributed by atoms with Gasteiger partial charge in [0.15, 0.2) is 17.3 Å². The summed E-state index contributed by atoms with van der Waals surface area (Å²) in [4.78, 5) is 42.5. The Labute approximate surface area is 251 Å². The zero-order valence-electron chi connectivity index (χ0n) is 25.9. The maximum Gasteiger partial charge on any atom is 0.248 e. The monoisotopic (exact) mass is 596 g/mol. The van der Waals surface area contributed by atoms with E-state index in [0.29, 0.717) is 34.9 Å². The van der Waals surface area contributed by atoms with Crippen molar-refractivity contribution in [1.82, 2.24) is 10.5 Å². The molecular weight excluding hydrogens is 556 g/mol. The fourth-order valence-electron chi connectivity index (χ4n) is 4.39. The molecule has 1 heterocycles. The maximum atomic E-state index is 14.2. The predicted molar refractivity (Wildman–Crippen MR) is 161 cm³/mol. The van der Waals surface area contributed by atoms with E-state index in [2.05, 4.69) is 15.8 Å². The number of hydrogen-bond acceptors (Lipinski definition) is 9. The number of carbonyl (C=O) groups is 3. The third-order valence-electron chi connectivity index (χ3n) is 6.96. The first-order valence-electron chi connectivity index (χ1n) is 13.8. The van der Waals surface area contributed by atoms with Crippen molar-refractivity contribution in [2.24, 2.45) is 0 Å². The summed E-state index contributed by atoms with van der Waals surface area (Å²) < 4.78 is 27.2. The lowest BCUT2D eigenvalue weighted by Gasteiger charge is -2.36. The third-order valence-corrected chi connectivity index (χ3v) is 6.96. The van der Waals surface area contributed by atoms with Crippen molar-refractivity contribution in [3.63, 3.8) is 0 Å². The normalized spacial score (nSPS) is 11.7. The maximum absolute atomic E-state index is 14.2. The number of benzene rings is 2. The number of hydrogen-bond donors (Lipinski definition) is 2. The fraction of sp³-hybridized carbons (Fsp3) is 0.419. The van der Waals surface area contributed by atoms with Crippen LogP contribution in [0.5, 0.6) is 23.0 Å². The molecule has 0 unspecified atom stereocenters. The molecule has 232 valence electrons. The molecule has 0 aliphatic carbocycles. The highest BCUT2D eigenvalue weighted by atomic mass is 16.5. The molecule has 0 spiro atoms. The lowest BCUT2D eigenvalue weighted by atomic mass is 9.97. The van der Waals surface area contributed by atoms with Crippen molar-refractivity contribution < 1.29 is 37.9 Å². The number of nitrogens with one attached hydrogen (secondary N) is 2. The van der Waals surface area contributed by atoms with Crippen LogP contribution in [-0.2, 0) is 14.4 Å². The van der Waals surface area contributed by atoms with Gasteiger partial charge >= 0.3 is 0 Å². The lowest BCUT2D eigenvalue weighted by Crippen LogP contribution is -2.50. The number of amides is 3. The largest absolute Gasteiger partial charge is 0.497 e. The summed E-state index contributed by atoms with van der Waals surface area (Å²) in [7, 11) is 5.91. The summed E-state index contributed by atoms with van der Waals surface area (Å²) in [6, 6.07) is 10.3. The number of aromatic nitrogens is 1. The first-order chi connectivity index (χ1) is 20.5. The van der Waals surface area contributed by atoms with Crippen LogP contribution in [0.1, 0.15) is 57.4 Å². The zero-order valence-corrected chi connectivity index (χ0v) is 25.9. The summed E-state index contributed by atoms with van der Waals surface area (Å²) >= 11 is 0. The highest BCUT2D eigenvalue weighted by Gasteiger charge is 2.38. The van der Waals surface area contributed by atoms with Crippen molar-refractivity contribution in [2.75, 3.05) is 38.7 Å². The van der Waals surface area contributed by atoms with Gasteiger partial charge < -0.3 is 34.1 Å². The van der Waals surface area contributed by atoms with Crippen molar-refractivity contribution in [1.29, 1.82) is 0 Å². The van der Waals surface area contributed by atoms with Gasteiger partial charge in [-0.05, 0) is 45.4 Å². The van der Waals surface area contributed by atoms with Crippen LogP contribution < -0.4 is 34.5 Å². The van der Waals surface area contributed by atoms with Crippen LogP contribution >= 0.6 is 0 Å². The molecule has 1 atom stereocenters. The van der Waals surface area contributed by atoms with Gasteiger partial charge in [-0.15, -0.1) is 0 Å². The number of carbonyl (C=O) groups excluding carboxylic acids is 3. The number of nitrogens with zero attached hydrogens (tertiary/aromatic N) is 2. The fourth-order valence-corrected chi connectivity index (χ4v) is 4.39. The number of rotatable bonds is 14. The summed E-state index contributed by atoms with van der Waals surface area (Å²) in [5, 5.41) is 9.45. The van der Waals surface area contributed by atoms with Crippen molar-refractivity contribution in [2.45, 2.75) is 58.5 Å². The van der Waals surface area contributed by atoms with E-state index in [9.17, 15) is 14.4 Å². The van der Waals surface area contributed by atoms with E-state index in [1.54, 1.807) is 49.4 Å². The molecule has 0 aliphatic rings. The van der Waals surface area contributed by atoms with Crippen LogP contribution in [0.2, 0.25) is 0 Å². The molecule has 0 fully saturated rings. The smallest absolute Gasteiger partial charge is 0.248 e. The number of ether oxygens (including phenoxy) is 4. The van der Waals surface area contributed by atoms with Gasteiger partial charge in [-0.3, -0.25) is 19.3 Å². The zero-order chi connectivity index (χ0) is 31.7. The van der Waals surface area contributed by atoms with Gasteiger partial charge in [0.2, 0.25) is 17.7 Å². The third kappa shape index (κ3) is 7.97. The summed E-state index contributed by atoms with van der Waals surface area (Å²) in [6.07, 6.45) is 0.192. The minimum Gasteiger partial charge on any atom is -0.497 e. The van der Waals surface area contributed by atoms with Crippen LogP contribution in [0.15, 0.2) is 47.0 Å². The summed E-state index contributed by atoms with van der Waals surface area (Å²) in [5.41, 5.74) is 0.0654. The molecule has 0 saturated heterocycles. The van der Waals surface area contributed by atoms with E-state index >= 15 is 0 Å². The van der Waals surface area contributed by atoms with Crippen LogP contribution in [0.25, 0.3) is 0 Å². The van der Waals surface area contributed by atoms with E-state index in [4.69, 9.17) is 23.5 Å². The molecule has 12 nitrogen and oxygen atoms in total. The molecule has 3 aromatic rings. The van der Waals surface area contributed by atoms with Crippen LogP contribution in [0, 0.1) is 6.92 Å². The quantitative estimate of drug-likeness (QED) is 0.268. The molecule has 1 aromatic heterocycles. The molecule has 12 heteroatoms. The van der Waals surface area contributed by atoms with Gasteiger partial charge in [-0.25, -0.2) is 0 Å². The number of anilines is 2. The Morgan fingerprint density at radius 1 is 0.953 bits per heavy atom. The van der Waals surface area contributed by atoms with Crippen molar-refractivity contribution in [3.8, 4) is 23.0 Å². The molecule has 43 heavy (non-hydrogen) atoms. The van der Waals surface area contributed by atoms with E-state index in [1.807, 2.05) is 20.8 Å². The molecule has 0 radical (unpaired) electrons. The predicted octanol–water partition coefficient (Wildman–Crippen LogP) is 4.82. The highest BCUT2D eigenvalue weighted by molar-refractivity contribution is 6.04. The molecule has 2 aromatic carbocycles. The Morgan fingerprint density at radius 2 is 1.67 bits per heavy atom. The number of methoxy groups -OCH3 is 4. The second-order valence-corrected chi connectivity index (χ2v) is 10.4. The van der Waals surface area contributed by atoms with E-state index in [-0.39, 0.29) is 30.2 Å². The number of para-hydroxylation sites is 1. The Hall–Kier alpha value is -4.74. The Bertz CT molecular complexity index is 1430. The standard InChI is InChI=1S/C31H40N4O8/c1-9-31(3,4)33-30(38)28(21-11-10-12-23(40-6)29(21)42-8)35(22-14-13-20(39-5)18-24(22)41-7)27(37)16-15-26(36)32-25-17-19(2)43-34-25/h10-14,17-18,28H,9,15-16H2,1-8H3,(H,33,38)(H,32,34,36)/t28-/m0/s1. The van der Waals surface area contributed by atoms with Gasteiger partial charge in [-0.2, -0.15) is 0 Å². The first-order valence-corrected chi connectivity index (χ1v) is 13.8. The van der Waals surface area contributed by atoms with Gasteiger partial charge in [0.1, 0.15) is 23.3 Å². The average Bonchev–Trinajstić information content (AvgIpc) is 3.41. The lowest BCUT2D eigenvalue weighted by molar-refractivity contribution is -0.128. The molecule has 3 amide bonds. The Kier molecular flexibility index (Phi) is 11.0. The average molecular weight is 597 g/mol.